The van der Waals surface area contributed by atoms with Gasteiger partial charge in [0, 0.05) is 15.8 Å². The number of nitrogens with one attached hydrogen (secondary N) is 1. The Morgan fingerprint density at radius 2 is 2.14 bits per heavy atom. The zero-order valence-corrected chi connectivity index (χ0v) is 10.1. The first-order valence-electron chi connectivity index (χ1n) is 5.04. The molecular weight excluding hydrogens is 194 g/mol. The van der Waals surface area contributed by atoms with Gasteiger partial charge in [-0.3, -0.25) is 0 Å². The molecule has 2 atom stereocenters. The second-order valence-electron chi connectivity index (χ2n) is 3.66. The molecule has 0 aliphatic rings. The van der Waals surface area contributed by atoms with Gasteiger partial charge in [-0.1, -0.05) is 6.92 Å². The lowest BCUT2D eigenvalue weighted by molar-refractivity contribution is 0.137. The third-order valence-electron chi connectivity index (χ3n) is 2.40. The lowest BCUT2D eigenvalue weighted by atomic mass is 10.0. The Morgan fingerprint density at radius 1 is 1.50 bits per heavy atom. The summed E-state index contributed by atoms with van der Waals surface area (Å²) < 4.78 is 0. The molecule has 14 heavy (non-hydrogen) atoms. The molecule has 0 aliphatic heterocycles. The van der Waals surface area contributed by atoms with Gasteiger partial charge in [0.25, 0.3) is 0 Å². The summed E-state index contributed by atoms with van der Waals surface area (Å²) in [6.07, 6.45) is -0.389. The van der Waals surface area contributed by atoms with E-state index in [1.165, 1.54) is 9.75 Å². The fourth-order valence-corrected chi connectivity index (χ4v) is 2.61. The summed E-state index contributed by atoms with van der Waals surface area (Å²) in [5.74, 6) is 0. The van der Waals surface area contributed by atoms with Gasteiger partial charge in [-0.05, 0) is 38.9 Å². The van der Waals surface area contributed by atoms with Crippen molar-refractivity contribution in [2.75, 3.05) is 6.54 Å². The lowest BCUT2D eigenvalue weighted by Crippen LogP contribution is -2.31. The van der Waals surface area contributed by atoms with E-state index >= 15 is 0 Å². The second kappa shape index (κ2) is 4.91. The minimum absolute atomic E-state index is 0.118. The van der Waals surface area contributed by atoms with E-state index in [-0.39, 0.29) is 12.1 Å². The first-order chi connectivity index (χ1) is 6.56. The van der Waals surface area contributed by atoms with Crippen molar-refractivity contribution in [3.05, 3.63) is 21.4 Å². The van der Waals surface area contributed by atoms with Crippen LogP contribution in [-0.4, -0.2) is 17.7 Å². The van der Waals surface area contributed by atoms with Gasteiger partial charge in [-0.2, -0.15) is 0 Å². The average Bonchev–Trinajstić information content (AvgIpc) is 2.44. The highest BCUT2D eigenvalue weighted by Crippen LogP contribution is 2.27. The minimum Gasteiger partial charge on any atom is -0.387 e. The quantitative estimate of drug-likeness (QED) is 0.805. The van der Waals surface area contributed by atoms with Crippen LogP contribution in [0.1, 0.15) is 35.3 Å². The van der Waals surface area contributed by atoms with Crippen molar-refractivity contribution in [2.24, 2.45) is 0 Å². The van der Waals surface area contributed by atoms with Crippen LogP contribution in [0.3, 0.4) is 0 Å². The van der Waals surface area contributed by atoms with Gasteiger partial charge in [-0.15, -0.1) is 11.3 Å². The van der Waals surface area contributed by atoms with E-state index in [0.717, 1.165) is 12.1 Å². The molecular formula is C11H19NOS. The Kier molecular flexibility index (Phi) is 4.11. The third kappa shape index (κ3) is 2.56. The molecule has 0 saturated heterocycles. The molecule has 0 amide bonds. The first-order valence-corrected chi connectivity index (χ1v) is 5.86. The van der Waals surface area contributed by atoms with Crippen LogP contribution < -0.4 is 5.32 Å². The normalized spacial score (nSPS) is 15.5. The predicted octanol–water partition coefficient (Wildman–Crippen LogP) is 2.40. The van der Waals surface area contributed by atoms with Gasteiger partial charge in [0.15, 0.2) is 0 Å². The highest BCUT2D eigenvalue weighted by Gasteiger charge is 2.18. The van der Waals surface area contributed by atoms with Crippen LogP contribution in [0.2, 0.25) is 0 Å². The van der Waals surface area contributed by atoms with E-state index in [1.54, 1.807) is 11.3 Å². The molecule has 1 aromatic heterocycles. The highest BCUT2D eigenvalue weighted by atomic mass is 32.1. The van der Waals surface area contributed by atoms with Crippen molar-refractivity contribution in [2.45, 2.75) is 39.8 Å². The topological polar surface area (TPSA) is 32.3 Å². The second-order valence-corrected chi connectivity index (χ2v) is 5.12. The van der Waals surface area contributed by atoms with Crippen molar-refractivity contribution in [3.8, 4) is 0 Å². The third-order valence-corrected chi connectivity index (χ3v) is 3.38. The lowest BCUT2D eigenvalue weighted by Gasteiger charge is -2.19. The number of aliphatic hydroxyl groups is 1. The van der Waals surface area contributed by atoms with Crippen LogP contribution in [0.15, 0.2) is 6.07 Å². The van der Waals surface area contributed by atoms with Gasteiger partial charge < -0.3 is 10.4 Å². The number of rotatable bonds is 4. The van der Waals surface area contributed by atoms with E-state index in [9.17, 15) is 5.11 Å². The molecule has 1 rings (SSSR count). The predicted molar refractivity (Wildman–Crippen MR) is 61.9 cm³/mol. The van der Waals surface area contributed by atoms with Crippen LogP contribution in [0, 0.1) is 13.8 Å². The maximum absolute atomic E-state index is 10.1. The highest BCUT2D eigenvalue weighted by molar-refractivity contribution is 7.12. The van der Waals surface area contributed by atoms with Gasteiger partial charge >= 0.3 is 0 Å². The summed E-state index contributed by atoms with van der Waals surface area (Å²) in [5.41, 5.74) is 1.07. The molecule has 1 aromatic rings. The van der Waals surface area contributed by atoms with E-state index < -0.39 is 0 Å². The first kappa shape index (κ1) is 11.7. The molecule has 0 aromatic carbocycles. The van der Waals surface area contributed by atoms with E-state index in [1.807, 2.05) is 6.92 Å². The molecule has 2 unspecified atom stereocenters. The van der Waals surface area contributed by atoms with Crippen LogP contribution in [0.4, 0.5) is 0 Å². The number of hydrogen-bond acceptors (Lipinski definition) is 3. The summed E-state index contributed by atoms with van der Waals surface area (Å²) in [5, 5.41) is 13.3. The number of aryl methyl sites for hydroxylation is 2. The molecule has 0 spiro atoms. The average molecular weight is 213 g/mol. The Labute approximate surface area is 90.0 Å². The van der Waals surface area contributed by atoms with Crippen molar-refractivity contribution >= 4 is 11.3 Å². The smallest absolute Gasteiger partial charge is 0.0950 e. The maximum Gasteiger partial charge on any atom is 0.0950 e. The Hall–Kier alpha value is -0.380. The van der Waals surface area contributed by atoms with Crippen molar-refractivity contribution < 1.29 is 5.11 Å². The zero-order chi connectivity index (χ0) is 10.7. The molecule has 0 fully saturated rings. The summed E-state index contributed by atoms with van der Waals surface area (Å²) in [6, 6.07) is 2.20. The fourth-order valence-electron chi connectivity index (χ4n) is 1.65. The molecule has 1 heterocycles. The summed E-state index contributed by atoms with van der Waals surface area (Å²) in [6.45, 7) is 9.09. The molecule has 0 radical (unpaired) electrons. The summed E-state index contributed by atoms with van der Waals surface area (Å²) in [7, 11) is 0. The maximum atomic E-state index is 10.1. The fraction of sp³-hybridized carbons (Fsp3) is 0.636. The van der Waals surface area contributed by atoms with Crippen LogP contribution in [0.25, 0.3) is 0 Å². The van der Waals surface area contributed by atoms with Crippen LogP contribution in [-0.2, 0) is 0 Å². The SMILES string of the molecule is CCNC(C)C(O)c1cc(C)sc1C. The van der Waals surface area contributed by atoms with Crippen molar-refractivity contribution in [3.63, 3.8) is 0 Å². The van der Waals surface area contributed by atoms with Crippen LogP contribution >= 0.6 is 11.3 Å². The molecule has 0 saturated carbocycles. The number of thiophene rings is 1. The number of aliphatic hydroxyl groups excluding tert-OH is 1. The van der Waals surface area contributed by atoms with Gasteiger partial charge in [0.2, 0.25) is 0 Å². The monoisotopic (exact) mass is 213 g/mol. The van der Waals surface area contributed by atoms with E-state index in [2.05, 4.69) is 32.2 Å². The van der Waals surface area contributed by atoms with E-state index in [0.29, 0.717) is 0 Å². The zero-order valence-electron chi connectivity index (χ0n) is 9.29. The van der Waals surface area contributed by atoms with E-state index in [4.69, 9.17) is 0 Å². The van der Waals surface area contributed by atoms with Crippen molar-refractivity contribution in [1.82, 2.24) is 5.32 Å². The van der Waals surface area contributed by atoms with Crippen molar-refractivity contribution in [1.29, 1.82) is 0 Å². The van der Waals surface area contributed by atoms with Gasteiger partial charge in [-0.25, -0.2) is 0 Å². The molecule has 0 aliphatic carbocycles. The summed E-state index contributed by atoms with van der Waals surface area (Å²) in [4.78, 5) is 2.49. The molecule has 3 heteroatoms. The Balaban J connectivity index is 2.77. The summed E-state index contributed by atoms with van der Waals surface area (Å²) >= 11 is 1.75. The standard InChI is InChI=1S/C11H19NOS/c1-5-12-8(3)11(13)10-6-7(2)14-9(10)4/h6,8,11-13H,5H2,1-4H3. The van der Waals surface area contributed by atoms with Crippen LogP contribution in [0.5, 0.6) is 0 Å². The number of hydrogen-bond donors (Lipinski definition) is 2. The molecule has 2 nitrogen and oxygen atoms in total. The Morgan fingerprint density at radius 3 is 2.57 bits per heavy atom. The van der Waals surface area contributed by atoms with Gasteiger partial charge in [0.05, 0.1) is 6.10 Å². The van der Waals surface area contributed by atoms with Gasteiger partial charge in [0.1, 0.15) is 0 Å². The number of likely N-dealkylation sites (N-methyl/N-ethyl adjacent to an activating group) is 1. The molecule has 2 N–H and O–H groups in total. The Bertz CT molecular complexity index is 295. The minimum atomic E-state index is -0.389. The molecule has 80 valence electrons. The largest absolute Gasteiger partial charge is 0.387 e. The molecule has 0 bridgehead atoms.